The average Bonchev–Trinajstić information content (AvgIpc) is 2.32. The zero-order valence-corrected chi connectivity index (χ0v) is 10.0. The van der Waals surface area contributed by atoms with Gasteiger partial charge in [0.05, 0.1) is 5.02 Å². The smallest absolute Gasteiger partial charge is 0.255 e. The minimum atomic E-state index is -1.11. The number of benzene rings is 1. The van der Waals surface area contributed by atoms with Gasteiger partial charge in [-0.15, -0.1) is 0 Å². The number of rotatable bonds is 2. The van der Waals surface area contributed by atoms with Crippen LogP contribution in [0.25, 0.3) is 0 Å². The summed E-state index contributed by atoms with van der Waals surface area (Å²) >= 11 is 5.54. The largest absolute Gasteiger partial charge is 0.322 e. The zero-order chi connectivity index (χ0) is 14.0. The molecule has 0 aliphatic rings. The number of nitrogens with one attached hydrogen (secondary N) is 1. The first-order valence-corrected chi connectivity index (χ1v) is 5.43. The second-order valence-corrected chi connectivity index (χ2v) is 3.99. The second kappa shape index (κ2) is 5.27. The van der Waals surface area contributed by atoms with Crippen LogP contribution in [-0.4, -0.2) is 10.9 Å². The minimum Gasteiger partial charge on any atom is -0.322 e. The first-order chi connectivity index (χ1) is 8.95. The second-order valence-electron chi connectivity index (χ2n) is 3.58. The number of carbonyl (C=O) groups is 1. The summed E-state index contributed by atoms with van der Waals surface area (Å²) in [5.41, 5.74) is -0.0422. The fraction of sp³-hybridized carbons (Fsp3) is 0. The number of anilines is 1. The maximum absolute atomic E-state index is 12.9. The number of amides is 1. The topological polar surface area (TPSA) is 42.0 Å². The van der Waals surface area contributed by atoms with Crippen LogP contribution in [0, 0.1) is 17.7 Å². The van der Waals surface area contributed by atoms with Gasteiger partial charge < -0.3 is 5.32 Å². The maximum Gasteiger partial charge on any atom is 0.255 e. The quantitative estimate of drug-likeness (QED) is 0.860. The molecule has 1 aromatic carbocycles. The van der Waals surface area contributed by atoms with Crippen LogP contribution in [0.2, 0.25) is 5.02 Å². The molecule has 1 amide bonds. The average molecular weight is 287 g/mol. The fourth-order valence-electron chi connectivity index (χ4n) is 1.37. The van der Waals surface area contributed by atoms with Gasteiger partial charge in [0.15, 0.2) is 0 Å². The standard InChI is InChI=1S/C12H6ClF3N2O/c13-8-5-7(1-2-9(8)14)17-12(19)6-3-10(15)18-11(16)4-6/h1-5H,(H,17,19). The Balaban J connectivity index is 2.22. The highest BCUT2D eigenvalue weighted by Gasteiger charge is 2.11. The fourth-order valence-corrected chi connectivity index (χ4v) is 1.55. The Morgan fingerprint density at radius 3 is 2.32 bits per heavy atom. The molecule has 1 heterocycles. The van der Waals surface area contributed by atoms with E-state index in [0.29, 0.717) is 0 Å². The monoisotopic (exact) mass is 286 g/mol. The lowest BCUT2D eigenvalue weighted by Gasteiger charge is -2.06. The summed E-state index contributed by atoms with van der Waals surface area (Å²) in [4.78, 5) is 14.6. The van der Waals surface area contributed by atoms with E-state index in [1.54, 1.807) is 0 Å². The molecule has 2 aromatic rings. The third-order valence-corrected chi connectivity index (χ3v) is 2.49. The maximum atomic E-state index is 12.9. The van der Waals surface area contributed by atoms with Crippen molar-refractivity contribution in [2.45, 2.75) is 0 Å². The first-order valence-electron chi connectivity index (χ1n) is 5.05. The van der Waals surface area contributed by atoms with E-state index >= 15 is 0 Å². The molecular weight excluding hydrogens is 281 g/mol. The van der Waals surface area contributed by atoms with Crippen molar-refractivity contribution in [3.05, 3.63) is 58.6 Å². The molecule has 0 unspecified atom stereocenters. The van der Waals surface area contributed by atoms with Gasteiger partial charge in [-0.3, -0.25) is 4.79 Å². The SMILES string of the molecule is O=C(Nc1ccc(F)c(Cl)c1)c1cc(F)nc(F)c1. The van der Waals surface area contributed by atoms with Gasteiger partial charge in [-0.05, 0) is 18.2 Å². The van der Waals surface area contributed by atoms with E-state index in [9.17, 15) is 18.0 Å². The summed E-state index contributed by atoms with van der Waals surface area (Å²) in [7, 11) is 0. The highest BCUT2D eigenvalue weighted by atomic mass is 35.5. The number of hydrogen-bond donors (Lipinski definition) is 1. The van der Waals surface area contributed by atoms with Crippen LogP contribution in [0.3, 0.4) is 0 Å². The lowest BCUT2D eigenvalue weighted by Crippen LogP contribution is -2.13. The van der Waals surface area contributed by atoms with Crippen LogP contribution in [0.4, 0.5) is 18.9 Å². The van der Waals surface area contributed by atoms with E-state index in [4.69, 9.17) is 11.6 Å². The van der Waals surface area contributed by atoms with Crippen LogP contribution >= 0.6 is 11.6 Å². The third kappa shape index (κ3) is 3.23. The molecule has 2 rings (SSSR count). The van der Waals surface area contributed by atoms with Gasteiger partial charge in [-0.2, -0.15) is 13.8 Å². The van der Waals surface area contributed by atoms with Crippen molar-refractivity contribution >= 4 is 23.2 Å². The van der Waals surface area contributed by atoms with E-state index < -0.39 is 23.6 Å². The van der Waals surface area contributed by atoms with Crippen LogP contribution in [-0.2, 0) is 0 Å². The van der Waals surface area contributed by atoms with Crippen molar-refractivity contribution in [2.24, 2.45) is 0 Å². The van der Waals surface area contributed by atoms with Crippen molar-refractivity contribution in [3.63, 3.8) is 0 Å². The molecule has 19 heavy (non-hydrogen) atoms. The number of halogens is 4. The summed E-state index contributed by atoms with van der Waals surface area (Å²) in [6, 6.07) is 5.08. The van der Waals surface area contributed by atoms with Crippen molar-refractivity contribution in [1.82, 2.24) is 4.98 Å². The molecule has 0 bridgehead atoms. The Morgan fingerprint density at radius 1 is 1.11 bits per heavy atom. The Bertz CT molecular complexity index is 629. The Hall–Kier alpha value is -2.08. The molecular formula is C12H6ClF3N2O. The Morgan fingerprint density at radius 2 is 1.74 bits per heavy atom. The molecule has 0 saturated heterocycles. The van der Waals surface area contributed by atoms with Gasteiger partial charge in [0.1, 0.15) is 5.82 Å². The van der Waals surface area contributed by atoms with Gasteiger partial charge in [-0.1, -0.05) is 11.6 Å². The van der Waals surface area contributed by atoms with Crippen LogP contribution in [0.1, 0.15) is 10.4 Å². The zero-order valence-electron chi connectivity index (χ0n) is 9.25. The highest BCUT2D eigenvalue weighted by Crippen LogP contribution is 2.20. The lowest BCUT2D eigenvalue weighted by atomic mass is 10.2. The predicted molar refractivity (Wildman–Crippen MR) is 63.5 cm³/mol. The molecule has 0 saturated carbocycles. The molecule has 0 fully saturated rings. The van der Waals surface area contributed by atoms with Gasteiger partial charge >= 0.3 is 0 Å². The van der Waals surface area contributed by atoms with E-state index in [-0.39, 0.29) is 16.3 Å². The summed E-state index contributed by atoms with van der Waals surface area (Å²) < 4.78 is 38.6. The highest BCUT2D eigenvalue weighted by molar-refractivity contribution is 6.31. The van der Waals surface area contributed by atoms with Crippen molar-refractivity contribution in [1.29, 1.82) is 0 Å². The molecule has 98 valence electrons. The summed E-state index contributed by atoms with van der Waals surface area (Å²) in [6.07, 6.45) is 0. The van der Waals surface area contributed by atoms with E-state index in [0.717, 1.165) is 18.2 Å². The lowest BCUT2D eigenvalue weighted by molar-refractivity contribution is 0.102. The number of hydrogen-bond acceptors (Lipinski definition) is 2. The van der Waals surface area contributed by atoms with Crippen LogP contribution < -0.4 is 5.32 Å². The molecule has 0 aliphatic carbocycles. The van der Waals surface area contributed by atoms with Crippen LogP contribution in [0.15, 0.2) is 30.3 Å². The Kier molecular flexibility index (Phi) is 3.71. The normalized spacial score (nSPS) is 10.3. The molecule has 0 radical (unpaired) electrons. The molecule has 0 spiro atoms. The Labute approximate surface area is 111 Å². The molecule has 1 N–H and O–H groups in total. The summed E-state index contributed by atoms with van der Waals surface area (Å²) in [5, 5.41) is 2.15. The van der Waals surface area contributed by atoms with Crippen molar-refractivity contribution in [2.75, 3.05) is 5.32 Å². The van der Waals surface area contributed by atoms with Gasteiger partial charge in [-0.25, -0.2) is 4.39 Å². The molecule has 1 aromatic heterocycles. The van der Waals surface area contributed by atoms with E-state index in [2.05, 4.69) is 10.3 Å². The molecule has 3 nitrogen and oxygen atoms in total. The van der Waals surface area contributed by atoms with Gasteiger partial charge in [0, 0.05) is 23.4 Å². The minimum absolute atomic E-state index is 0.176. The van der Waals surface area contributed by atoms with E-state index in [1.807, 2.05) is 0 Å². The summed E-state index contributed by atoms with van der Waals surface area (Å²) in [5.74, 6) is -3.62. The number of aromatic nitrogens is 1. The number of nitrogens with zero attached hydrogens (tertiary/aromatic N) is 1. The third-order valence-electron chi connectivity index (χ3n) is 2.20. The van der Waals surface area contributed by atoms with Gasteiger partial charge in [0.25, 0.3) is 5.91 Å². The van der Waals surface area contributed by atoms with Crippen LogP contribution in [0.5, 0.6) is 0 Å². The van der Waals surface area contributed by atoms with E-state index in [1.165, 1.54) is 12.1 Å². The van der Waals surface area contributed by atoms with Gasteiger partial charge in [0.2, 0.25) is 11.9 Å². The molecule has 7 heteroatoms. The first kappa shape index (κ1) is 13.4. The summed E-state index contributed by atoms with van der Waals surface area (Å²) in [6.45, 7) is 0. The number of carbonyl (C=O) groups excluding carboxylic acids is 1. The number of pyridine rings is 1. The van der Waals surface area contributed by atoms with Crippen molar-refractivity contribution in [3.8, 4) is 0 Å². The molecule has 0 aliphatic heterocycles. The van der Waals surface area contributed by atoms with Crippen molar-refractivity contribution < 1.29 is 18.0 Å². The molecule has 0 atom stereocenters. The predicted octanol–water partition coefficient (Wildman–Crippen LogP) is 3.40.